The normalized spacial score (nSPS) is 15.9. The van der Waals surface area contributed by atoms with Crippen molar-refractivity contribution in [2.24, 2.45) is 0 Å². The minimum absolute atomic E-state index is 0.137. The van der Waals surface area contributed by atoms with Crippen LogP contribution >= 0.6 is 11.8 Å². The maximum absolute atomic E-state index is 13.7. The monoisotopic (exact) mass is 570 g/mol. The van der Waals surface area contributed by atoms with E-state index in [9.17, 15) is 18.4 Å². The van der Waals surface area contributed by atoms with Gasteiger partial charge in [0.25, 0.3) is 0 Å². The van der Waals surface area contributed by atoms with E-state index in [0.717, 1.165) is 11.1 Å². The highest BCUT2D eigenvalue weighted by Gasteiger charge is 2.34. The van der Waals surface area contributed by atoms with Crippen LogP contribution in [0.5, 0.6) is 0 Å². The molecule has 0 aliphatic carbocycles. The van der Waals surface area contributed by atoms with Crippen LogP contribution in [-0.4, -0.2) is 69.3 Å². The van der Waals surface area contributed by atoms with Gasteiger partial charge in [-0.15, -0.1) is 0 Å². The van der Waals surface area contributed by atoms with Gasteiger partial charge in [0.15, 0.2) is 5.82 Å². The maximum Gasteiger partial charge on any atom is 0.302 e. The smallest absolute Gasteiger partial charge is 0.302 e. The maximum atomic E-state index is 13.7. The van der Waals surface area contributed by atoms with Crippen molar-refractivity contribution in [2.45, 2.75) is 43.3 Å². The molecule has 0 saturated carbocycles. The molecule has 212 valence electrons. The summed E-state index contributed by atoms with van der Waals surface area (Å²) < 4.78 is 33.0. The summed E-state index contributed by atoms with van der Waals surface area (Å²) >= 11 is 1.33. The van der Waals surface area contributed by atoms with Crippen LogP contribution in [0.4, 0.5) is 20.3 Å². The van der Waals surface area contributed by atoms with Crippen molar-refractivity contribution in [3.05, 3.63) is 77.6 Å². The molecule has 2 unspecified atom stereocenters. The fourth-order valence-corrected chi connectivity index (χ4v) is 6.04. The van der Waals surface area contributed by atoms with E-state index < -0.39 is 12.1 Å². The summed E-state index contributed by atoms with van der Waals surface area (Å²) in [5.74, 6) is -1.23. The van der Waals surface area contributed by atoms with E-state index in [1.165, 1.54) is 56.2 Å². The van der Waals surface area contributed by atoms with E-state index in [-0.39, 0.29) is 34.8 Å². The average molecular weight is 571 g/mol. The Morgan fingerprint density at radius 2 is 1.45 bits per heavy atom. The van der Waals surface area contributed by atoms with Gasteiger partial charge in [-0.1, -0.05) is 36.0 Å². The molecule has 40 heavy (non-hydrogen) atoms. The predicted octanol–water partition coefficient (Wildman–Crippen LogP) is 4.07. The topological polar surface area (TPSA) is 114 Å². The van der Waals surface area contributed by atoms with Gasteiger partial charge >= 0.3 is 5.97 Å². The number of rotatable bonds is 9. The third-order valence-corrected chi connectivity index (χ3v) is 8.03. The lowest BCUT2D eigenvalue weighted by molar-refractivity contribution is -0.147. The third-order valence-electron chi connectivity index (χ3n) is 6.57. The summed E-state index contributed by atoms with van der Waals surface area (Å²) in [6.45, 7) is 7.03. The minimum Gasteiger partial charge on any atom is -0.460 e. The quantitative estimate of drug-likeness (QED) is 0.223. The SMILES string of the molecule is CC(=O)Nc1c(N)ncnc1SC(C(C)OC(C)=O)N1CCN(C(c2ccc(F)cc2)c2ccc(F)cc2)CC1. The Kier molecular flexibility index (Phi) is 9.67. The minimum atomic E-state index is -0.514. The Labute approximate surface area is 236 Å². The summed E-state index contributed by atoms with van der Waals surface area (Å²) in [6.07, 6.45) is 0.810. The first-order valence-corrected chi connectivity index (χ1v) is 13.7. The number of hydrogen-bond donors (Lipinski definition) is 2. The zero-order valence-corrected chi connectivity index (χ0v) is 23.3. The number of halogens is 2. The highest BCUT2D eigenvalue weighted by molar-refractivity contribution is 8.00. The van der Waals surface area contributed by atoms with Crippen LogP contribution in [0.2, 0.25) is 0 Å². The number of esters is 1. The fraction of sp³-hybridized carbons (Fsp3) is 0.357. The number of anilines is 2. The summed E-state index contributed by atoms with van der Waals surface area (Å²) in [6, 6.07) is 12.5. The van der Waals surface area contributed by atoms with Crippen molar-refractivity contribution in [1.29, 1.82) is 0 Å². The van der Waals surface area contributed by atoms with Crippen molar-refractivity contribution in [3.8, 4) is 0 Å². The number of nitrogens with one attached hydrogen (secondary N) is 1. The molecule has 2 heterocycles. The van der Waals surface area contributed by atoms with E-state index in [0.29, 0.717) is 36.9 Å². The van der Waals surface area contributed by atoms with Gasteiger partial charge in [0, 0.05) is 40.0 Å². The van der Waals surface area contributed by atoms with Crippen LogP contribution in [0, 0.1) is 11.6 Å². The van der Waals surface area contributed by atoms with Crippen molar-refractivity contribution in [2.75, 3.05) is 37.2 Å². The second kappa shape index (κ2) is 13.2. The van der Waals surface area contributed by atoms with E-state index in [1.807, 2.05) is 6.92 Å². The molecule has 3 N–H and O–H groups in total. The number of amides is 1. The molecule has 3 aromatic rings. The number of hydrogen-bond acceptors (Lipinski definition) is 9. The van der Waals surface area contributed by atoms with Crippen LogP contribution in [0.3, 0.4) is 0 Å². The number of carbonyl (C=O) groups is 2. The predicted molar refractivity (Wildman–Crippen MR) is 149 cm³/mol. The third kappa shape index (κ3) is 7.32. The summed E-state index contributed by atoms with van der Waals surface area (Å²) in [4.78, 5) is 36.4. The molecule has 0 spiro atoms. The number of ether oxygens (including phenoxy) is 1. The molecule has 2 atom stereocenters. The van der Waals surface area contributed by atoms with Gasteiger partial charge in [0.05, 0.1) is 11.4 Å². The molecule has 1 saturated heterocycles. The first kappa shape index (κ1) is 29.4. The number of carbonyl (C=O) groups excluding carboxylic acids is 2. The second-order valence-corrected chi connectivity index (χ2v) is 10.6. The van der Waals surface area contributed by atoms with Crippen LogP contribution in [-0.2, 0) is 14.3 Å². The van der Waals surface area contributed by atoms with Crippen molar-refractivity contribution in [1.82, 2.24) is 19.8 Å². The van der Waals surface area contributed by atoms with Crippen LogP contribution in [0.1, 0.15) is 37.9 Å². The van der Waals surface area contributed by atoms with Crippen LogP contribution in [0.15, 0.2) is 59.9 Å². The molecule has 9 nitrogen and oxygen atoms in total. The number of thioether (sulfide) groups is 1. The number of benzene rings is 2. The first-order chi connectivity index (χ1) is 19.1. The molecular weight excluding hydrogens is 538 g/mol. The number of nitrogens with zero attached hydrogens (tertiary/aromatic N) is 4. The van der Waals surface area contributed by atoms with Crippen molar-refractivity contribution in [3.63, 3.8) is 0 Å². The molecule has 1 aliphatic rings. The lowest BCUT2D eigenvalue weighted by atomic mass is 9.96. The number of nitrogens with two attached hydrogens (primary N) is 1. The largest absolute Gasteiger partial charge is 0.460 e. The standard InChI is InChI=1S/C28H32F2N6O3S/c1-17(39-19(3)38)28(40-27-24(34-18(2)37)26(31)32-16-33-27)36-14-12-35(13-15-36)25(20-4-8-22(29)9-5-20)21-6-10-23(30)11-7-21/h4-11,16-17,25,28H,12-15H2,1-3H3,(H,34,37)(H2,31,32,33). The van der Waals surface area contributed by atoms with E-state index in [2.05, 4.69) is 25.1 Å². The average Bonchev–Trinajstić information content (AvgIpc) is 2.91. The molecular formula is C28H32F2N6O3S. The van der Waals surface area contributed by atoms with Gasteiger partial charge < -0.3 is 15.8 Å². The first-order valence-electron chi connectivity index (χ1n) is 12.8. The van der Waals surface area contributed by atoms with Gasteiger partial charge in [-0.2, -0.15) is 0 Å². The zero-order valence-electron chi connectivity index (χ0n) is 22.5. The van der Waals surface area contributed by atoms with Gasteiger partial charge in [0.2, 0.25) is 5.91 Å². The van der Waals surface area contributed by atoms with E-state index in [4.69, 9.17) is 10.5 Å². The fourth-order valence-electron chi connectivity index (χ4n) is 4.82. The Balaban J connectivity index is 1.58. The Hall–Kier alpha value is -3.61. The summed E-state index contributed by atoms with van der Waals surface area (Å²) in [5.41, 5.74) is 8.14. The van der Waals surface area contributed by atoms with Crippen LogP contribution in [0.25, 0.3) is 0 Å². The van der Waals surface area contributed by atoms with E-state index >= 15 is 0 Å². The number of nitrogen functional groups attached to an aromatic ring is 1. The van der Waals surface area contributed by atoms with Gasteiger partial charge in [0.1, 0.15) is 34.8 Å². The number of piperazine rings is 1. The second-order valence-electron chi connectivity index (χ2n) is 9.52. The number of aromatic nitrogens is 2. The van der Waals surface area contributed by atoms with Gasteiger partial charge in [-0.05, 0) is 42.3 Å². The lowest BCUT2D eigenvalue weighted by Gasteiger charge is -2.43. The molecule has 4 rings (SSSR count). The molecule has 1 aliphatic heterocycles. The molecule has 2 aromatic carbocycles. The molecule has 1 fully saturated rings. The molecule has 0 bridgehead atoms. The van der Waals surface area contributed by atoms with Gasteiger partial charge in [-0.3, -0.25) is 19.4 Å². The van der Waals surface area contributed by atoms with Gasteiger partial charge in [-0.25, -0.2) is 18.7 Å². The zero-order chi connectivity index (χ0) is 28.8. The molecule has 0 radical (unpaired) electrons. The summed E-state index contributed by atoms with van der Waals surface area (Å²) in [7, 11) is 0. The molecule has 12 heteroatoms. The van der Waals surface area contributed by atoms with Crippen LogP contribution < -0.4 is 11.1 Å². The van der Waals surface area contributed by atoms with Crippen molar-refractivity contribution < 1.29 is 23.1 Å². The van der Waals surface area contributed by atoms with Crippen molar-refractivity contribution >= 4 is 35.1 Å². The Morgan fingerprint density at radius 3 is 1.95 bits per heavy atom. The molecule has 1 amide bonds. The Bertz CT molecular complexity index is 1280. The van der Waals surface area contributed by atoms with E-state index in [1.54, 1.807) is 24.3 Å². The highest BCUT2D eigenvalue weighted by Crippen LogP contribution is 2.37. The molecule has 1 aromatic heterocycles. The highest BCUT2D eigenvalue weighted by atomic mass is 32.2. The Morgan fingerprint density at radius 1 is 0.925 bits per heavy atom. The summed E-state index contributed by atoms with van der Waals surface area (Å²) in [5, 5.41) is 2.82. The lowest BCUT2D eigenvalue weighted by Crippen LogP contribution is -2.53.